The van der Waals surface area contributed by atoms with E-state index in [0.717, 1.165) is 10.5 Å². The van der Waals surface area contributed by atoms with Gasteiger partial charge in [0, 0.05) is 10.0 Å². The fourth-order valence-electron chi connectivity index (χ4n) is 3.02. The number of rotatable bonds is 8. The lowest BCUT2D eigenvalue weighted by molar-refractivity contribution is -0.143. The van der Waals surface area contributed by atoms with Crippen LogP contribution >= 0.6 is 15.9 Å². The van der Waals surface area contributed by atoms with E-state index in [1.165, 1.54) is 13.2 Å². The Labute approximate surface area is 198 Å². The van der Waals surface area contributed by atoms with Crippen LogP contribution in [-0.2, 0) is 20.9 Å². The first-order valence-corrected chi connectivity index (χ1v) is 10.7. The number of esters is 1. The van der Waals surface area contributed by atoms with Crippen molar-refractivity contribution in [2.45, 2.75) is 13.5 Å². The molecular weight excluding hydrogens is 494 g/mol. The van der Waals surface area contributed by atoms with E-state index < -0.39 is 24.5 Å². The molecule has 1 heterocycles. The highest BCUT2D eigenvalue weighted by molar-refractivity contribution is 9.10. The maximum atomic E-state index is 12.5. The summed E-state index contributed by atoms with van der Waals surface area (Å²) in [5, 5.41) is 11.7. The first-order chi connectivity index (χ1) is 15.9. The molecule has 3 amide bonds. The van der Waals surface area contributed by atoms with Gasteiger partial charge in [0.25, 0.3) is 5.91 Å². The highest BCUT2D eigenvalue weighted by atomic mass is 79.9. The molecule has 0 unspecified atom stereocenters. The quantitative estimate of drug-likeness (QED) is 0.326. The summed E-state index contributed by atoms with van der Waals surface area (Å²) in [6.45, 7) is 1.86. The molecule has 1 fully saturated rings. The number of hydrogen-bond donors (Lipinski definition) is 1. The Morgan fingerprint density at radius 1 is 1.21 bits per heavy atom. The van der Waals surface area contributed by atoms with Gasteiger partial charge >= 0.3 is 12.0 Å². The van der Waals surface area contributed by atoms with E-state index in [1.54, 1.807) is 30.3 Å². The predicted octanol–water partition coefficient (Wildman–Crippen LogP) is 3.36. The van der Waals surface area contributed by atoms with Crippen molar-refractivity contribution in [2.24, 2.45) is 0 Å². The van der Waals surface area contributed by atoms with Crippen molar-refractivity contribution in [1.29, 1.82) is 5.26 Å². The minimum Gasteiger partial charge on any atom is -0.490 e. The predicted molar refractivity (Wildman–Crippen MR) is 121 cm³/mol. The lowest BCUT2D eigenvalue weighted by atomic mass is 10.1. The van der Waals surface area contributed by atoms with Gasteiger partial charge in [-0.25, -0.2) is 9.69 Å². The van der Waals surface area contributed by atoms with E-state index in [0.29, 0.717) is 33.7 Å². The molecule has 1 saturated heterocycles. The molecule has 0 aliphatic carbocycles. The van der Waals surface area contributed by atoms with Crippen LogP contribution in [0.1, 0.15) is 23.6 Å². The number of halogens is 1. The Kier molecular flexibility index (Phi) is 7.69. The number of ether oxygens (including phenoxy) is 3. The molecule has 9 nitrogen and oxygen atoms in total. The number of methoxy groups -OCH3 is 1. The molecule has 1 N–H and O–H groups in total. The molecule has 0 saturated carbocycles. The highest BCUT2D eigenvalue weighted by Crippen LogP contribution is 2.36. The number of carbonyl (C=O) groups is 3. The van der Waals surface area contributed by atoms with Crippen molar-refractivity contribution in [3.05, 3.63) is 63.3 Å². The van der Waals surface area contributed by atoms with Crippen molar-refractivity contribution >= 4 is 39.9 Å². The standard InChI is InChI=1S/C23H20BrN3O6/c1-3-32-19-9-16(8-18-22(29)27(23(30)26-18)12-21(28)31-2)17(24)10-20(19)33-13-15-7-5-4-6-14(15)11-25/h4-10H,3,12-13H2,1-2H3,(H,26,30)/b18-8+. The van der Waals surface area contributed by atoms with Gasteiger partial charge in [0.1, 0.15) is 18.8 Å². The van der Waals surface area contributed by atoms with Crippen molar-refractivity contribution in [1.82, 2.24) is 10.2 Å². The zero-order valence-corrected chi connectivity index (χ0v) is 19.5. The van der Waals surface area contributed by atoms with E-state index in [1.807, 2.05) is 13.0 Å². The summed E-state index contributed by atoms with van der Waals surface area (Å²) in [7, 11) is 1.17. The van der Waals surface area contributed by atoms with Crippen molar-refractivity contribution in [2.75, 3.05) is 20.3 Å². The number of carbonyl (C=O) groups excluding carboxylic acids is 3. The number of benzene rings is 2. The Balaban J connectivity index is 1.86. The minimum atomic E-state index is -0.714. The summed E-state index contributed by atoms with van der Waals surface area (Å²) in [4.78, 5) is 36.9. The van der Waals surface area contributed by atoms with Gasteiger partial charge in [-0.3, -0.25) is 9.59 Å². The average Bonchev–Trinajstić information content (AvgIpc) is 3.07. The lowest BCUT2D eigenvalue weighted by Gasteiger charge is -2.15. The summed E-state index contributed by atoms with van der Waals surface area (Å²) < 4.78 is 16.7. The van der Waals surface area contributed by atoms with E-state index in [4.69, 9.17) is 9.47 Å². The summed E-state index contributed by atoms with van der Waals surface area (Å²) in [5.41, 5.74) is 1.80. The van der Waals surface area contributed by atoms with Crippen LogP contribution < -0.4 is 14.8 Å². The van der Waals surface area contributed by atoms with Crippen molar-refractivity contribution < 1.29 is 28.6 Å². The van der Waals surface area contributed by atoms with E-state index >= 15 is 0 Å². The number of hydrogen-bond acceptors (Lipinski definition) is 7. The van der Waals surface area contributed by atoms with Gasteiger partial charge < -0.3 is 19.5 Å². The Morgan fingerprint density at radius 3 is 2.64 bits per heavy atom. The van der Waals surface area contributed by atoms with Gasteiger partial charge in [0.2, 0.25) is 0 Å². The molecule has 0 radical (unpaired) electrons. The van der Waals surface area contributed by atoms with Crippen LogP contribution in [-0.4, -0.2) is 43.1 Å². The Bertz CT molecular complexity index is 1170. The monoisotopic (exact) mass is 513 g/mol. The summed E-state index contributed by atoms with van der Waals surface area (Å²) in [5.74, 6) is -0.499. The third-order valence-electron chi connectivity index (χ3n) is 4.66. The molecule has 0 atom stereocenters. The van der Waals surface area contributed by atoms with E-state index in [-0.39, 0.29) is 12.3 Å². The number of urea groups is 1. The average molecular weight is 514 g/mol. The van der Waals surface area contributed by atoms with Gasteiger partial charge in [-0.05, 0) is 36.8 Å². The molecule has 0 bridgehead atoms. The molecule has 10 heteroatoms. The largest absolute Gasteiger partial charge is 0.490 e. The zero-order valence-electron chi connectivity index (χ0n) is 17.9. The maximum absolute atomic E-state index is 12.5. The minimum absolute atomic E-state index is 0.00340. The number of nitrogens with one attached hydrogen (secondary N) is 1. The second-order valence-electron chi connectivity index (χ2n) is 6.77. The second-order valence-corrected chi connectivity index (χ2v) is 7.62. The Morgan fingerprint density at radius 2 is 1.94 bits per heavy atom. The third-order valence-corrected chi connectivity index (χ3v) is 5.35. The van der Waals surface area contributed by atoms with Crippen LogP contribution in [0.5, 0.6) is 11.5 Å². The first-order valence-electron chi connectivity index (χ1n) is 9.86. The van der Waals surface area contributed by atoms with Gasteiger partial charge in [-0.1, -0.05) is 34.1 Å². The van der Waals surface area contributed by atoms with Gasteiger partial charge in [-0.15, -0.1) is 0 Å². The zero-order chi connectivity index (χ0) is 24.0. The van der Waals surface area contributed by atoms with E-state index in [9.17, 15) is 19.6 Å². The SMILES string of the molecule is CCOc1cc(/C=C2/NC(=O)N(CC(=O)OC)C2=O)c(Br)cc1OCc1ccccc1C#N. The first kappa shape index (κ1) is 23.8. The molecule has 170 valence electrons. The topological polar surface area (TPSA) is 118 Å². The molecule has 0 aromatic heterocycles. The van der Waals surface area contributed by atoms with Gasteiger partial charge in [0.05, 0.1) is 25.3 Å². The Hall–Kier alpha value is -3.84. The molecule has 3 rings (SSSR count). The number of nitrogens with zero attached hydrogens (tertiary/aromatic N) is 2. The molecule has 2 aromatic carbocycles. The smallest absolute Gasteiger partial charge is 0.329 e. The second kappa shape index (κ2) is 10.7. The molecular formula is C23H20BrN3O6. The van der Waals surface area contributed by atoms with Crippen molar-refractivity contribution in [3.8, 4) is 17.6 Å². The maximum Gasteiger partial charge on any atom is 0.329 e. The summed E-state index contributed by atoms with van der Waals surface area (Å²) in [6, 6.07) is 11.9. The van der Waals surface area contributed by atoms with Crippen LogP contribution in [0.4, 0.5) is 4.79 Å². The van der Waals surface area contributed by atoms with Crippen LogP contribution in [0, 0.1) is 11.3 Å². The van der Waals surface area contributed by atoms with Gasteiger partial charge in [-0.2, -0.15) is 5.26 Å². The molecule has 33 heavy (non-hydrogen) atoms. The molecule has 1 aliphatic rings. The number of nitriles is 1. The van der Waals surface area contributed by atoms with Crippen LogP contribution in [0.3, 0.4) is 0 Å². The van der Waals surface area contributed by atoms with Crippen LogP contribution in [0.2, 0.25) is 0 Å². The molecule has 1 aliphatic heterocycles. The van der Waals surface area contributed by atoms with Gasteiger partial charge in [0.15, 0.2) is 11.5 Å². The highest BCUT2D eigenvalue weighted by Gasteiger charge is 2.35. The van der Waals surface area contributed by atoms with Crippen LogP contribution in [0.25, 0.3) is 6.08 Å². The summed E-state index contributed by atoms with van der Waals surface area (Å²) in [6.07, 6.45) is 1.47. The molecule has 2 aromatic rings. The molecule has 0 spiro atoms. The lowest BCUT2D eigenvalue weighted by Crippen LogP contribution is -2.36. The fourth-order valence-corrected chi connectivity index (χ4v) is 3.45. The van der Waals surface area contributed by atoms with Crippen LogP contribution in [0.15, 0.2) is 46.6 Å². The fraction of sp³-hybridized carbons (Fsp3) is 0.217. The number of amides is 3. The van der Waals surface area contributed by atoms with Crippen molar-refractivity contribution in [3.63, 3.8) is 0 Å². The summed E-state index contributed by atoms with van der Waals surface area (Å²) >= 11 is 3.45. The normalized spacial score (nSPS) is 14.1. The van der Waals surface area contributed by atoms with E-state index in [2.05, 4.69) is 32.1 Å². The number of imide groups is 1. The third kappa shape index (κ3) is 5.51.